The average Bonchev–Trinajstić information content (AvgIpc) is 2.68. The van der Waals surface area contributed by atoms with E-state index in [1.54, 1.807) is 14.0 Å². The molecule has 1 fully saturated rings. The number of allylic oxidation sites excluding steroid dienone is 1. The van der Waals surface area contributed by atoms with Crippen molar-refractivity contribution in [3.63, 3.8) is 0 Å². The van der Waals surface area contributed by atoms with Crippen LogP contribution < -0.4 is 5.73 Å². The lowest BCUT2D eigenvalue weighted by Crippen LogP contribution is -2.40. The highest BCUT2D eigenvalue weighted by molar-refractivity contribution is 6.30. The number of nitrogens with zero attached hydrogens (tertiary/aromatic N) is 2. The fourth-order valence-corrected chi connectivity index (χ4v) is 3.56. The van der Waals surface area contributed by atoms with E-state index in [2.05, 4.69) is 29.3 Å². The van der Waals surface area contributed by atoms with Crippen molar-refractivity contribution in [2.75, 3.05) is 20.1 Å². The monoisotopic (exact) mass is 381 g/mol. The third-order valence-electron chi connectivity index (χ3n) is 4.93. The summed E-state index contributed by atoms with van der Waals surface area (Å²) in [6.07, 6.45) is 1.38. The number of piperidine rings is 1. The number of carbonyl (C=O) groups excluding carboxylic acids is 1. The van der Waals surface area contributed by atoms with E-state index < -0.39 is 0 Å². The maximum Gasteiger partial charge on any atom is 0.219 e. The summed E-state index contributed by atoms with van der Waals surface area (Å²) in [7, 11) is 1.78. The zero-order valence-electron chi connectivity index (χ0n) is 15.7. The molecule has 2 N–H and O–H groups in total. The van der Waals surface area contributed by atoms with Crippen LogP contribution in [0.5, 0.6) is 0 Å². The maximum absolute atomic E-state index is 11.7. The molecule has 2 aromatic carbocycles. The molecule has 0 aromatic heterocycles. The second kappa shape index (κ2) is 8.40. The van der Waals surface area contributed by atoms with Crippen molar-refractivity contribution >= 4 is 23.2 Å². The molecule has 0 radical (unpaired) electrons. The fraction of sp³-hybridized carbons (Fsp3) is 0.273. The number of nitrogens with two attached hydrogens (primary N) is 1. The van der Waals surface area contributed by atoms with E-state index in [0.717, 1.165) is 45.1 Å². The molecule has 0 unspecified atom stereocenters. The summed E-state index contributed by atoms with van der Waals surface area (Å²) in [5, 5.41) is 0.726. The van der Waals surface area contributed by atoms with E-state index in [1.165, 1.54) is 0 Å². The van der Waals surface area contributed by atoms with Crippen LogP contribution in [-0.2, 0) is 11.2 Å². The van der Waals surface area contributed by atoms with Crippen molar-refractivity contribution < 1.29 is 4.79 Å². The first-order valence-electron chi connectivity index (χ1n) is 9.02. The maximum atomic E-state index is 11.7. The van der Waals surface area contributed by atoms with Gasteiger partial charge in [-0.05, 0) is 28.8 Å². The zero-order chi connectivity index (χ0) is 19.4. The Morgan fingerprint density at radius 3 is 2.56 bits per heavy atom. The smallest absolute Gasteiger partial charge is 0.219 e. The van der Waals surface area contributed by atoms with Crippen LogP contribution in [0.3, 0.4) is 0 Å². The number of halogens is 1. The number of hydrogen-bond acceptors (Lipinski definition) is 3. The number of carbonyl (C=O) groups is 1. The van der Waals surface area contributed by atoms with Gasteiger partial charge in [-0.15, -0.1) is 0 Å². The first-order valence-corrected chi connectivity index (χ1v) is 9.39. The highest BCUT2D eigenvalue weighted by Gasteiger charge is 2.23. The molecule has 2 aromatic rings. The van der Waals surface area contributed by atoms with Crippen LogP contribution in [0.4, 0.5) is 0 Å². The third kappa shape index (κ3) is 4.58. The number of likely N-dealkylation sites (tertiary alicyclic amines) is 1. The molecule has 1 aliphatic heterocycles. The summed E-state index contributed by atoms with van der Waals surface area (Å²) in [6.45, 7) is 2.83. The number of amides is 1. The molecule has 5 heteroatoms. The lowest BCUT2D eigenvalue weighted by atomic mass is 9.96. The van der Waals surface area contributed by atoms with Crippen LogP contribution in [-0.4, -0.2) is 36.7 Å². The fourth-order valence-electron chi connectivity index (χ4n) is 3.37. The Labute approximate surface area is 165 Å². The molecule has 1 amide bonds. The molecule has 1 saturated heterocycles. The molecule has 0 atom stereocenters. The van der Waals surface area contributed by atoms with Crippen molar-refractivity contribution in [1.29, 1.82) is 0 Å². The molecule has 140 valence electrons. The summed E-state index contributed by atoms with van der Waals surface area (Å²) in [6, 6.07) is 16.1. The predicted molar refractivity (Wildman–Crippen MR) is 112 cm³/mol. The van der Waals surface area contributed by atoms with Gasteiger partial charge in [0.25, 0.3) is 0 Å². The summed E-state index contributed by atoms with van der Waals surface area (Å²) >= 11 is 6.08. The highest BCUT2D eigenvalue weighted by Crippen LogP contribution is 2.24. The topological polar surface area (TPSA) is 58.7 Å². The summed E-state index contributed by atoms with van der Waals surface area (Å²) in [5.74, 6) is 0.0707. The number of benzene rings is 2. The van der Waals surface area contributed by atoms with Crippen molar-refractivity contribution in [1.82, 2.24) is 4.90 Å². The predicted octanol–water partition coefficient (Wildman–Crippen LogP) is 4.09. The van der Waals surface area contributed by atoms with Gasteiger partial charge in [-0.1, -0.05) is 48.0 Å². The SMILES string of the molecule is CN=C1CCN(C(C)=O)CC1=C(N)Cc1ccc(-c2cccc(Cl)c2)cc1. The first kappa shape index (κ1) is 19.2. The molecule has 0 bridgehead atoms. The first-order chi connectivity index (χ1) is 13.0. The molecular weight excluding hydrogens is 358 g/mol. The molecule has 0 saturated carbocycles. The van der Waals surface area contributed by atoms with E-state index in [0.29, 0.717) is 19.5 Å². The summed E-state index contributed by atoms with van der Waals surface area (Å²) in [4.78, 5) is 17.9. The van der Waals surface area contributed by atoms with Gasteiger partial charge in [-0.25, -0.2) is 0 Å². The van der Waals surface area contributed by atoms with Gasteiger partial charge in [0, 0.05) is 61.9 Å². The van der Waals surface area contributed by atoms with Gasteiger partial charge < -0.3 is 10.6 Å². The summed E-state index contributed by atoms with van der Waals surface area (Å²) in [5.41, 5.74) is 12.5. The minimum Gasteiger partial charge on any atom is -0.401 e. The van der Waals surface area contributed by atoms with Crippen molar-refractivity contribution in [2.45, 2.75) is 19.8 Å². The molecule has 0 aliphatic carbocycles. The Morgan fingerprint density at radius 1 is 1.19 bits per heavy atom. The van der Waals surface area contributed by atoms with Crippen LogP contribution in [0.25, 0.3) is 11.1 Å². The second-order valence-corrected chi connectivity index (χ2v) is 7.19. The van der Waals surface area contributed by atoms with Gasteiger partial charge in [0.15, 0.2) is 0 Å². The van der Waals surface area contributed by atoms with Crippen LogP contribution in [0.1, 0.15) is 18.9 Å². The van der Waals surface area contributed by atoms with E-state index in [-0.39, 0.29) is 5.91 Å². The summed E-state index contributed by atoms with van der Waals surface area (Å²) < 4.78 is 0. The lowest BCUT2D eigenvalue weighted by molar-refractivity contribution is -0.128. The Hall–Kier alpha value is -2.59. The minimum absolute atomic E-state index is 0.0707. The van der Waals surface area contributed by atoms with E-state index >= 15 is 0 Å². The molecule has 27 heavy (non-hydrogen) atoms. The van der Waals surface area contributed by atoms with Gasteiger partial charge in [0.1, 0.15) is 0 Å². The third-order valence-corrected chi connectivity index (χ3v) is 5.16. The Kier molecular flexibility index (Phi) is 5.97. The van der Waals surface area contributed by atoms with Gasteiger partial charge in [-0.3, -0.25) is 9.79 Å². The van der Waals surface area contributed by atoms with Crippen molar-refractivity contribution in [2.24, 2.45) is 10.7 Å². The molecule has 0 spiro atoms. The number of aliphatic imine (C=N–C) groups is 1. The number of rotatable bonds is 3. The van der Waals surface area contributed by atoms with Crippen molar-refractivity contribution in [3.05, 3.63) is 70.4 Å². The van der Waals surface area contributed by atoms with E-state index in [9.17, 15) is 4.79 Å². The Bertz CT molecular complexity index is 900. The van der Waals surface area contributed by atoms with Gasteiger partial charge in [0.05, 0.1) is 0 Å². The van der Waals surface area contributed by atoms with Crippen molar-refractivity contribution in [3.8, 4) is 11.1 Å². The molecular formula is C22H24ClN3O. The minimum atomic E-state index is 0.0707. The standard InChI is InChI=1S/C22H24ClN3O/c1-15(27)26-11-10-22(25-2)20(14-26)21(24)12-16-6-8-17(9-7-16)18-4-3-5-19(23)13-18/h3-9,13H,10-12,14,24H2,1-2H3. The normalized spacial score (nSPS) is 17.9. The Morgan fingerprint density at radius 2 is 1.93 bits per heavy atom. The quantitative estimate of drug-likeness (QED) is 0.870. The van der Waals surface area contributed by atoms with Gasteiger partial charge >= 0.3 is 0 Å². The average molecular weight is 382 g/mol. The van der Waals surface area contributed by atoms with E-state index in [4.69, 9.17) is 17.3 Å². The molecule has 1 heterocycles. The van der Waals surface area contributed by atoms with Crippen LogP contribution in [0.2, 0.25) is 5.02 Å². The highest BCUT2D eigenvalue weighted by atomic mass is 35.5. The molecule has 4 nitrogen and oxygen atoms in total. The second-order valence-electron chi connectivity index (χ2n) is 6.75. The Balaban J connectivity index is 1.80. The van der Waals surface area contributed by atoms with Crippen LogP contribution >= 0.6 is 11.6 Å². The molecule has 1 aliphatic rings. The number of hydrogen-bond donors (Lipinski definition) is 1. The van der Waals surface area contributed by atoms with Crippen LogP contribution in [0, 0.1) is 0 Å². The van der Waals surface area contributed by atoms with Gasteiger partial charge in [-0.2, -0.15) is 0 Å². The van der Waals surface area contributed by atoms with Gasteiger partial charge in [0.2, 0.25) is 5.91 Å². The van der Waals surface area contributed by atoms with E-state index in [1.807, 2.05) is 29.2 Å². The lowest BCUT2D eigenvalue weighted by Gasteiger charge is -2.30. The molecule has 3 rings (SSSR count). The van der Waals surface area contributed by atoms with Crippen LogP contribution in [0.15, 0.2) is 64.8 Å². The zero-order valence-corrected chi connectivity index (χ0v) is 16.5. The largest absolute Gasteiger partial charge is 0.401 e.